The molecule has 30 heavy (non-hydrogen) atoms. The van der Waals surface area contributed by atoms with Crippen molar-refractivity contribution in [3.8, 4) is 22.9 Å². The largest absolute Gasteiger partial charge is 0.494 e. The second-order valence-electron chi connectivity index (χ2n) is 7.06. The number of rotatable bonds is 7. The van der Waals surface area contributed by atoms with Crippen LogP contribution < -0.4 is 9.47 Å². The Morgan fingerprint density at radius 1 is 1.27 bits per heavy atom. The molecular weight excluding hydrogens is 389 g/mol. The van der Waals surface area contributed by atoms with Gasteiger partial charge in [-0.3, -0.25) is 4.79 Å². The van der Waals surface area contributed by atoms with Gasteiger partial charge in [0, 0.05) is 25.1 Å². The highest BCUT2D eigenvalue weighted by Crippen LogP contribution is 2.31. The maximum absolute atomic E-state index is 14.0. The predicted octanol–water partition coefficient (Wildman–Crippen LogP) is 3.80. The SMILES string of the molecule is CCOc1cccc(CN2CC(c3nc(-c4ccc(OC)c(F)c4)no3)CC2=O)c1. The van der Waals surface area contributed by atoms with Crippen LogP contribution >= 0.6 is 0 Å². The van der Waals surface area contributed by atoms with Gasteiger partial charge in [0.05, 0.1) is 19.6 Å². The van der Waals surface area contributed by atoms with Crippen LogP contribution in [0.15, 0.2) is 47.0 Å². The van der Waals surface area contributed by atoms with Gasteiger partial charge in [-0.05, 0) is 42.8 Å². The summed E-state index contributed by atoms with van der Waals surface area (Å²) in [5, 5.41) is 3.95. The van der Waals surface area contributed by atoms with Crippen LogP contribution in [0.2, 0.25) is 0 Å². The number of ether oxygens (including phenoxy) is 2. The molecule has 1 unspecified atom stereocenters. The van der Waals surface area contributed by atoms with Gasteiger partial charge < -0.3 is 18.9 Å². The number of methoxy groups -OCH3 is 1. The molecule has 0 N–H and O–H groups in total. The molecule has 1 aliphatic rings. The summed E-state index contributed by atoms with van der Waals surface area (Å²) in [7, 11) is 1.40. The third kappa shape index (κ3) is 4.12. The molecule has 7 nitrogen and oxygen atoms in total. The van der Waals surface area contributed by atoms with Crippen molar-refractivity contribution in [1.82, 2.24) is 15.0 Å². The third-order valence-electron chi connectivity index (χ3n) is 5.00. The van der Waals surface area contributed by atoms with E-state index in [9.17, 15) is 9.18 Å². The van der Waals surface area contributed by atoms with E-state index >= 15 is 0 Å². The van der Waals surface area contributed by atoms with Crippen molar-refractivity contribution in [2.45, 2.75) is 25.8 Å². The molecule has 1 aromatic heterocycles. The van der Waals surface area contributed by atoms with Crippen molar-refractivity contribution in [3.05, 3.63) is 59.7 Å². The van der Waals surface area contributed by atoms with Gasteiger partial charge in [0.2, 0.25) is 17.6 Å². The summed E-state index contributed by atoms with van der Waals surface area (Å²) in [5.74, 6) is 0.910. The Hall–Kier alpha value is -3.42. The molecule has 156 valence electrons. The lowest BCUT2D eigenvalue weighted by atomic mass is 10.1. The molecule has 0 bridgehead atoms. The van der Waals surface area contributed by atoms with Crippen LogP contribution in [0.4, 0.5) is 4.39 Å². The Morgan fingerprint density at radius 2 is 2.13 bits per heavy atom. The van der Waals surface area contributed by atoms with E-state index in [2.05, 4.69) is 10.1 Å². The van der Waals surface area contributed by atoms with Gasteiger partial charge in [0.25, 0.3) is 0 Å². The average Bonchev–Trinajstić information content (AvgIpc) is 3.36. The summed E-state index contributed by atoms with van der Waals surface area (Å²) >= 11 is 0. The minimum absolute atomic E-state index is 0.0251. The molecule has 2 heterocycles. The Bertz CT molecular complexity index is 1050. The molecule has 1 aliphatic heterocycles. The molecule has 3 aromatic rings. The van der Waals surface area contributed by atoms with E-state index in [1.54, 1.807) is 11.0 Å². The van der Waals surface area contributed by atoms with E-state index < -0.39 is 5.82 Å². The molecule has 4 rings (SSSR count). The molecule has 2 aromatic carbocycles. The number of nitrogens with zero attached hydrogens (tertiary/aromatic N) is 3. The number of likely N-dealkylation sites (tertiary alicyclic amines) is 1. The Kier molecular flexibility index (Phi) is 5.65. The number of hydrogen-bond donors (Lipinski definition) is 0. The minimum Gasteiger partial charge on any atom is -0.494 e. The number of hydrogen-bond acceptors (Lipinski definition) is 6. The van der Waals surface area contributed by atoms with Gasteiger partial charge in [-0.15, -0.1) is 0 Å². The first-order valence-corrected chi connectivity index (χ1v) is 9.74. The summed E-state index contributed by atoms with van der Waals surface area (Å²) in [6.45, 7) is 3.49. The van der Waals surface area contributed by atoms with Crippen LogP contribution in [0.5, 0.6) is 11.5 Å². The van der Waals surface area contributed by atoms with Crippen molar-refractivity contribution >= 4 is 5.91 Å². The van der Waals surface area contributed by atoms with Gasteiger partial charge in [0.15, 0.2) is 11.6 Å². The number of amides is 1. The lowest BCUT2D eigenvalue weighted by Gasteiger charge is -2.16. The lowest BCUT2D eigenvalue weighted by Crippen LogP contribution is -2.24. The minimum atomic E-state index is -0.502. The second-order valence-corrected chi connectivity index (χ2v) is 7.06. The smallest absolute Gasteiger partial charge is 0.232 e. The fraction of sp³-hybridized carbons (Fsp3) is 0.318. The van der Waals surface area contributed by atoms with Crippen molar-refractivity contribution in [1.29, 1.82) is 0 Å². The molecule has 1 amide bonds. The normalized spacial score (nSPS) is 16.2. The van der Waals surface area contributed by atoms with Crippen LogP contribution in [0.25, 0.3) is 11.4 Å². The highest BCUT2D eigenvalue weighted by molar-refractivity contribution is 5.79. The molecular formula is C22H22FN3O4. The summed E-state index contributed by atoms with van der Waals surface area (Å²) in [6.07, 6.45) is 0.295. The van der Waals surface area contributed by atoms with Crippen LogP contribution in [0, 0.1) is 5.82 Å². The van der Waals surface area contributed by atoms with Crippen LogP contribution in [0.1, 0.15) is 30.7 Å². The molecule has 0 spiro atoms. The average molecular weight is 411 g/mol. The number of benzene rings is 2. The zero-order valence-electron chi connectivity index (χ0n) is 16.8. The molecule has 0 aliphatic carbocycles. The number of aromatic nitrogens is 2. The molecule has 0 saturated carbocycles. The molecule has 1 fully saturated rings. The van der Waals surface area contributed by atoms with Gasteiger partial charge in [-0.2, -0.15) is 4.98 Å². The van der Waals surface area contributed by atoms with Crippen molar-refractivity contribution in [2.75, 3.05) is 20.3 Å². The molecule has 0 radical (unpaired) electrons. The predicted molar refractivity (Wildman–Crippen MR) is 107 cm³/mol. The molecule has 1 saturated heterocycles. The number of carbonyl (C=O) groups excluding carboxylic acids is 1. The Morgan fingerprint density at radius 3 is 2.90 bits per heavy atom. The summed E-state index contributed by atoms with van der Waals surface area (Å²) in [6, 6.07) is 12.2. The molecule has 1 atom stereocenters. The van der Waals surface area contributed by atoms with Gasteiger partial charge in [-0.1, -0.05) is 17.3 Å². The van der Waals surface area contributed by atoms with Gasteiger partial charge >= 0.3 is 0 Å². The monoisotopic (exact) mass is 411 g/mol. The van der Waals surface area contributed by atoms with E-state index in [4.69, 9.17) is 14.0 Å². The summed E-state index contributed by atoms with van der Waals surface area (Å²) in [4.78, 5) is 18.7. The number of halogens is 1. The fourth-order valence-electron chi connectivity index (χ4n) is 3.53. The van der Waals surface area contributed by atoms with E-state index in [0.717, 1.165) is 11.3 Å². The van der Waals surface area contributed by atoms with Crippen LogP contribution in [-0.2, 0) is 11.3 Å². The van der Waals surface area contributed by atoms with Crippen molar-refractivity contribution in [2.24, 2.45) is 0 Å². The number of carbonyl (C=O) groups is 1. The highest BCUT2D eigenvalue weighted by Gasteiger charge is 2.34. The first kappa shape index (κ1) is 19.9. The maximum atomic E-state index is 14.0. The van der Waals surface area contributed by atoms with Crippen LogP contribution in [-0.4, -0.2) is 41.2 Å². The highest BCUT2D eigenvalue weighted by atomic mass is 19.1. The van der Waals surface area contributed by atoms with Gasteiger partial charge in [-0.25, -0.2) is 4.39 Å². The van der Waals surface area contributed by atoms with Crippen LogP contribution in [0.3, 0.4) is 0 Å². The standard InChI is InChI=1S/C22H22FN3O4/c1-3-29-17-6-4-5-14(9-17)12-26-13-16(11-20(26)27)22-24-21(25-30-22)15-7-8-19(28-2)18(23)10-15/h4-10,16H,3,11-13H2,1-2H3. The first-order valence-electron chi connectivity index (χ1n) is 9.74. The first-order chi connectivity index (χ1) is 14.6. The molecule has 8 heteroatoms. The fourth-order valence-corrected chi connectivity index (χ4v) is 3.53. The zero-order valence-corrected chi connectivity index (χ0v) is 16.8. The Balaban J connectivity index is 1.46. The third-order valence-corrected chi connectivity index (χ3v) is 5.00. The topological polar surface area (TPSA) is 77.7 Å². The lowest BCUT2D eigenvalue weighted by molar-refractivity contribution is -0.128. The van der Waals surface area contributed by atoms with Crippen molar-refractivity contribution < 1.29 is 23.2 Å². The summed E-state index contributed by atoms with van der Waals surface area (Å²) in [5.41, 5.74) is 1.48. The van der Waals surface area contributed by atoms with E-state index in [1.165, 1.54) is 19.2 Å². The summed E-state index contributed by atoms with van der Waals surface area (Å²) < 4.78 is 29.8. The Labute approximate surface area is 173 Å². The quantitative estimate of drug-likeness (QED) is 0.589. The second kappa shape index (κ2) is 8.52. The van der Waals surface area contributed by atoms with E-state index in [-0.39, 0.29) is 23.4 Å². The van der Waals surface area contributed by atoms with Crippen molar-refractivity contribution in [3.63, 3.8) is 0 Å². The van der Waals surface area contributed by atoms with E-state index in [1.807, 2.05) is 31.2 Å². The maximum Gasteiger partial charge on any atom is 0.232 e. The van der Waals surface area contributed by atoms with E-state index in [0.29, 0.717) is 37.6 Å². The van der Waals surface area contributed by atoms with Gasteiger partial charge in [0.1, 0.15) is 5.75 Å². The zero-order chi connectivity index (χ0) is 21.1.